The van der Waals surface area contributed by atoms with Crippen molar-refractivity contribution < 1.29 is 32.2 Å². The van der Waals surface area contributed by atoms with Crippen LogP contribution in [0.25, 0.3) is 0 Å². The van der Waals surface area contributed by atoms with E-state index in [-0.39, 0.29) is 43.1 Å². The molecule has 250 valence electrons. The summed E-state index contributed by atoms with van der Waals surface area (Å²) in [6.45, 7) is 7.40. The van der Waals surface area contributed by atoms with Crippen LogP contribution >= 0.6 is 10.0 Å². The van der Waals surface area contributed by atoms with Crippen molar-refractivity contribution in [1.82, 2.24) is 9.55 Å². The van der Waals surface area contributed by atoms with E-state index in [1.165, 1.54) is 11.7 Å². The minimum Gasteiger partial charge on any atom is -0.469 e. The maximum absolute atomic E-state index is 13.8. The summed E-state index contributed by atoms with van der Waals surface area (Å²) in [5.41, 5.74) is 1.40. The summed E-state index contributed by atoms with van der Waals surface area (Å²) in [6, 6.07) is 6.17. The minimum absolute atomic E-state index is 0.0482. The third-order valence-electron chi connectivity index (χ3n) is 7.96. The van der Waals surface area contributed by atoms with Gasteiger partial charge in [-0.3, -0.25) is 9.36 Å². The van der Waals surface area contributed by atoms with Gasteiger partial charge in [-0.05, 0) is 74.0 Å². The van der Waals surface area contributed by atoms with Crippen molar-refractivity contribution in [3.63, 3.8) is 0 Å². The average Bonchev–Trinajstić information content (AvgIpc) is 3.36. The number of methoxy groups -OCH3 is 2. The standard InChI is InChI=1S/C32H51F3N4O4S/c1-22(2)19-39(25-10-12-26(41-4)13-11-25)28-14-9-24(23(3)17-30(40)42-5)18-27(28)36-31-37-29(32(33,34)35)20-38(31)21-43-15-16-44(6,7)8/h9,14,18,20,22-23,25-26H,10-13,15-17,19,21H2,1-8H3,(H,36,37)/t23-,25-,26+/m1/s1. The predicted octanol–water partition coefficient (Wildman–Crippen LogP) is 7.40. The molecule has 3 rings (SSSR count). The molecule has 0 unspecified atom stereocenters. The average molecular weight is 645 g/mol. The zero-order valence-electron chi connectivity index (χ0n) is 27.5. The van der Waals surface area contributed by atoms with Gasteiger partial charge in [0.15, 0.2) is 5.69 Å². The van der Waals surface area contributed by atoms with E-state index in [2.05, 4.69) is 47.8 Å². The molecule has 0 aliphatic heterocycles. The Hall–Kier alpha value is -2.44. The molecular weight excluding hydrogens is 593 g/mol. The highest BCUT2D eigenvalue weighted by molar-refractivity contribution is 8.32. The summed E-state index contributed by atoms with van der Waals surface area (Å²) in [5, 5.41) is 3.26. The van der Waals surface area contributed by atoms with Crippen LogP contribution in [0.1, 0.15) is 70.1 Å². The van der Waals surface area contributed by atoms with Crippen molar-refractivity contribution in [3.05, 3.63) is 35.7 Å². The molecule has 44 heavy (non-hydrogen) atoms. The van der Waals surface area contributed by atoms with Gasteiger partial charge in [0.25, 0.3) is 0 Å². The number of aromatic nitrogens is 2. The van der Waals surface area contributed by atoms with E-state index >= 15 is 0 Å². The quantitative estimate of drug-likeness (QED) is 0.160. The van der Waals surface area contributed by atoms with Crippen molar-refractivity contribution >= 4 is 33.3 Å². The van der Waals surface area contributed by atoms with Gasteiger partial charge in [0, 0.05) is 31.6 Å². The molecule has 12 heteroatoms. The van der Waals surface area contributed by atoms with Crippen LogP contribution in [-0.2, 0) is 31.9 Å². The smallest absolute Gasteiger partial charge is 0.434 e. The SMILES string of the molecule is COC(=O)C[C@@H](C)c1ccc(N(CC(C)C)[C@H]2CC[C@@H](OC)CC2)c(Nc2nc(C(F)(F)F)cn2COCCS(C)(C)C)c1. The topological polar surface area (TPSA) is 77.9 Å². The van der Waals surface area contributed by atoms with Gasteiger partial charge in [0.05, 0.1) is 37.6 Å². The van der Waals surface area contributed by atoms with E-state index in [0.717, 1.165) is 55.4 Å². The molecule has 1 aliphatic rings. The Balaban J connectivity index is 2.04. The lowest BCUT2D eigenvalue weighted by Crippen LogP contribution is -2.41. The molecule has 0 spiro atoms. The number of nitrogens with one attached hydrogen (secondary N) is 1. The first-order chi connectivity index (χ1) is 20.6. The molecule has 0 amide bonds. The molecule has 0 bridgehead atoms. The number of anilines is 3. The number of ether oxygens (including phenoxy) is 3. The highest BCUT2D eigenvalue weighted by atomic mass is 32.3. The van der Waals surface area contributed by atoms with Crippen LogP contribution in [0, 0.1) is 5.92 Å². The van der Waals surface area contributed by atoms with E-state index in [0.29, 0.717) is 18.2 Å². The molecule has 1 atom stereocenters. The van der Waals surface area contributed by atoms with E-state index in [9.17, 15) is 18.0 Å². The van der Waals surface area contributed by atoms with Crippen LogP contribution in [0.3, 0.4) is 0 Å². The minimum atomic E-state index is -4.61. The number of nitrogens with zero attached hydrogens (tertiary/aromatic N) is 3. The van der Waals surface area contributed by atoms with Crippen LogP contribution < -0.4 is 10.2 Å². The number of hydrogen-bond acceptors (Lipinski definition) is 7. The lowest BCUT2D eigenvalue weighted by Gasteiger charge is -2.40. The van der Waals surface area contributed by atoms with Crippen LogP contribution in [0.4, 0.5) is 30.5 Å². The van der Waals surface area contributed by atoms with Gasteiger partial charge in [-0.25, -0.2) is 15.0 Å². The molecule has 1 aromatic carbocycles. The Bertz CT molecular complexity index is 1210. The summed E-state index contributed by atoms with van der Waals surface area (Å²) in [4.78, 5) is 18.4. The molecule has 1 heterocycles. The highest BCUT2D eigenvalue weighted by Crippen LogP contribution is 2.39. The number of alkyl halides is 3. The number of hydrogen-bond donors (Lipinski definition) is 1. The van der Waals surface area contributed by atoms with Crippen molar-refractivity contribution in [2.24, 2.45) is 5.92 Å². The van der Waals surface area contributed by atoms with Gasteiger partial charge in [0.1, 0.15) is 6.73 Å². The number of rotatable bonds is 15. The maximum Gasteiger partial charge on any atom is 0.434 e. The zero-order chi connectivity index (χ0) is 32.7. The number of esters is 1. The van der Waals surface area contributed by atoms with Crippen LogP contribution in [0.15, 0.2) is 24.4 Å². The fourth-order valence-corrected chi connectivity index (χ4v) is 6.05. The maximum atomic E-state index is 13.8. The zero-order valence-corrected chi connectivity index (χ0v) is 28.3. The lowest BCUT2D eigenvalue weighted by molar-refractivity contribution is -0.141. The largest absolute Gasteiger partial charge is 0.469 e. The van der Waals surface area contributed by atoms with Crippen LogP contribution in [0.2, 0.25) is 0 Å². The number of halogens is 3. The normalized spacial score (nSPS) is 18.7. The fraction of sp³-hybridized carbons (Fsp3) is 0.688. The van der Waals surface area contributed by atoms with Gasteiger partial charge >= 0.3 is 12.1 Å². The molecule has 0 saturated heterocycles. The van der Waals surface area contributed by atoms with E-state index in [1.54, 1.807) is 7.11 Å². The molecule has 1 saturated carbocycles. The number of carbonyl (C=O) groups excluding carboxylic acids is 1. The van der Waals surface area contributed by atoms with Crippen LogP contribution in [-0.4, -0.2) is 79.6 Å². The van der Waals surface area contributed by atoms with Gasteiger partial charge < -0.3 is 24.4 Å². The molecule has 1 N–H and O–H groups in total. The monoisotopic (exact) mass is 644 g/mol. The fourth-order valence-electron chi connectivity index (χ4n) is 5.44. The number of imidazole rings is 1. The molecule has 1 aromatic heterocycles. The lowest BCUT2D eigenvalue weighted by atomic mass is 9.90. The molecule has 1 aliphatic carbocycles. The predicted molar refractivity (Wildman–Crippen MR) is 173 cm³/mol. The second-order valence-corrected chi connectivity index (χ2v) is 17.6. The third kappa shape index (κ3) is 10.6. The van der Waals surface area contributed by atoms with Crippen molar-refractivity contribution in [1.29, 1.82) is 0 Å². The first kappa shape index (κ1) is 36.0. The van der Waals surface area contributed by atoms with Crippen molar-refractivity contribution in [3.8, 4) is 0 Å². The van der Waals surface area contributed by atoms with Gasteiger partial charge in [-0.2, -0.15) is 13.2 Å². The Labute approximate surface area is 262 Å². The Morgan fingerprint density at radius 2 is 1.82 bits per heavy atom. The first-order valence-electron chi connectivity index (χ1n) is 15.3. The molecular formula is C32H51F3N4O4S. The summed E-state index contributed by atoms with van der Waals surface area (Å²) < 4.78 is 59.2. The summed E-state index contributed by atoms with van der Waals surface area (Å²) in [7, 11) is 2.29. The molecule has 2 aromatic rings. The second-order valence-electron chi connectivity index (χ2n) is 13.0. The Morgan fingerprint density at radius 3 is 2.39 bits per heavy atom. The Kier molecular flexibility index (Phi) is 12.9. The van der Waals surface area contributed by atoms with Gasteiger partial charge in [0.2, 0.25) is 5.95 Å². The van der Waals surface area contributed by atoms with Crippen molar-refractivity contribution in [2.75, 3.05) is 62.1 Å². The first-order valence-corrected chi connectivity index (χ1v) is 18.3. The van der Waals surface area contributed by atoms with Crippen LogP contribution in [0.5, 0.6) is 0 Å². The Morgan fingerprint density at radius 1 is 1.14 bits per heavy atom. The molecule has 8 nitrogen and oxygen atoms in total. The summed E-state index contributed by atoms with van der Waals surface area (Å²) in [6.07, 6.45) is 7.09. The second kappa shape index (κ2) is 15.7. The van der Waals surface area contributed by atoms with Gasteiger partial charge in [-0.1, -0.05) is 26.8 Å². The molecule has 0 radical (unpaired) electrons. The van der Waals surface area contributed by atoms with E-state index in [1.807, 2.05) is 25.1 Å². The molecule has 1 fully saturated rings. The van der Waals surface area contributed by atoms with E-state index < -0.39 is 21.9 Å². The summed E-state index contributed by atoms with van der Waals surface area (Å²) >= 11 is 0. The third-order valence-corrected chi connectivity index (χ3v) is 9.35. The van der Waals surface area contributed by atoms with E-state index in [4.69, 9.17) is 14.2 Å². The summed E-state index contributed by atoms with van der Waals surface area (Å²) in [5.74, 6) is 0.745. The van der Waals surface area contributed by atoms with Gasteiger partial charge in [-0.15, -0.1) is 0 Å². The highest BCUT2D eigenvalue weighted by Gasteiger charge is 2.35. The number of carbonyl (C=O) groups is 1. The van der Waals surface area contributed by atoms with Crippen molar-refractivity contribution in [2.45, 2.75) is 83.8 Å². The number of benzene rings is 1.